The molecule has 0 unspecified atom stereocenters. The van der Waals surface area contributed by atoms with Gasteiger partial charge >= 0.3 is 6.03 Å². The van der Waals surface area contributed by atoms with E-state index in [2.05, 4.69) is 15.7 Å². The monoisotopic (exact) mass is 328 g/mol. The molecular weight excluding hydrogens is 316 g/mol. The standard InChI is InChI=1S/C16H13ClN4O2/c17-11-6-8-12(9-7-11)18-16(23)19-14-10-15(22)21(20-14)13-4-2-1-3-5-13/h1-10,20H,(H2,18,19,23). The van der Waals surface area contributed by atoms with E-state index in [-0.39, 0.29) is 5.56 Å². The first kappa shape index (κ1) is 14.9. The quantitative estimate of drug-likeness (QED) is 0.688. The molecule has 0 aliphatic carbocycles. The summed E-state index contributed by atoms with van der Waals surface area (Å²) >= 11 is 5.79. The molecule has 0 radical (unpaired) electrons. The molecule has 0 bridgehead atoms. The lowest BCUT2D eigenvalue weighted by molar-refractivity contribution is 0.262. The number of nitrogens with zero attached hydrogens (tertiary/aromatic N) is 1. The van der Waals surface area contributed by atoms with Crippen molar-refractivity contribution in [3.63, 3.8) is 0 Å². The van der Waals surface area contributed by atoms with Gasteiger partial charge < -0.3 is 5.32 Å². The summed E-state index contributed by atoms with van der Waals surface area (Å²) in [5, 5.41) is 8.64. The SMILES string of the molecule is O=C(Nc1ccc(Cl)cc1)Nc1cc(=O)n(-c2ccccc2)[nH]1. The molecule has 2 aromatic carbocycles. The minimum Gasteiger partial charge on any atom is -0.308 e. The van der Waals surface area contributed by atoms with Gasteiger partial charge in [-0.1, -0.05) is 29.8 Å². The second-order valence-electron chi connectivity index (χ2n) is 4.77. The number of aromatic nitrogens is 2. The number of H-pyrrole nitrogens is 1. The molecule has 0 atom stereocenters. The summed E-state index contributed by atoms with van der Waals surface area (Å²) in [5.74, 6) is 0.297. The molecule has 0 aliphatic rings. The van der Waals surface area contributed by atoms with Gasteiger partial charge in [0.15, 0.2) is 0 Å². The summed E-state index contributed by atoms with van der Waals surface area (Å²) < 4.78 is 1.35. The second kappa shape index (κ2) is 6.41. The molecule has 0 fully saturated rings. The lowest BCUT2D eigenvalue weighted by Crippen LogP contribution is -2.19. The lowest BCUT2D eigenvalue weighted by Gasteiger charge is -2.06. The van der Waals surface area contributed by atoms with Crippen molar-refractivity contribution >= 4 is 29.1 Å². The van der Waals surface area contributed by atoms with Gasteiger partial charge in [-0.25, -0.2) is 9.48 Å². The smallest absolute Gasteiger partial charge is 0.308 e. The highest BCUT2D eigenvalue weighted by Gasteiger charge is 2.08. The highest BCUT2D eigenvalue weighted by Crippen LogP contribution is 2.13. The van der Waals surface area contributed by atoms with Crippen molar-refractivity contribution in [1.29, 1.82) is 0 Å². The van der Waals surface area contributed by atoms with Gasteiger partial charge in [-0.2, -0.15) is 0 Å². The molecule has 23 heavy (non-hydrogen) atoms. The van der Waals surface area contributed by atoms with Crippen LogP contribution < -0.4 is 16.2 Å². The molecule has 3 aromatic rings. The van der Waals surface area contributed by atoms with Crippen LogP contribution in [0.1, 0.15) is 0 Å². The highest BCUT2D eigenvalue weighted by molar-refractivity contribution is 6.30. The first-order valence-electron chi connectivity index (χ1n) is 6.83. The van der Waals surface area contributed by atoms with Crippen molar-refractivity contribution in [3.8, 4) is 5.69 Å². The first-order chi connectivity index (χ1) is 11.1. The zero-order valence-corrected chi connectivity index (χ0v) is 12.7. The Morgan fingerprint density at radius 2 is 1.70 bits per heavy atom. The van der Waals surface area contributed by atoms with Crippen molar-refractivity contribution in [2.45, 2.75) is 0 Å². The molecule has 0 saturated heterocycles. The number of carbonyl (C=O) groups excluding carboxylic acids is 1. The van der Waals surface area contributed by atoms with Crippen molar-refractivity contribution < 1.29 is 4.79 Å². The van der Waals surface area contributed by atoms with Gasteiger partial charge in [0.25, 0.3) is 5.56 Å². The largest absolute Gasteiger partial charge is 0.324 e. The molecule has 2 amide bonds. The number of anilines is 2. The first-order valence-corrected chi connectivity index (χ1v) is 7.21. The number of benzene rings is 2. The number of hydrogen-bond acceptors (Lipinski definition) is 2. The fourth-order valence-electron chi connectivity index (χ4n) is 2.05. The molecule has 1 heterocycles. The Hall–Kier alpha value is -2.99. The summed E-state index contributed by atoms with van der Waals surface area (Å²) in [4.78, 5) is 23.9. The third-order valence-corrected chi connectivity index (χ3v) is 3.34. The second-order valence-corrected chi connectivity index (χ2v) is 5.20. The number of nitrogens with one attached hydrogen (secondary N) is 3. The molecule has 116 valence electrons. The summed E-state index contributed by atoms with van der Waals surface area (Å²) in [7, 11) is 0. The molecule has 0 saturated carbocycles. The van der Waals surface area contributed by atoms with Crippen LogP contribution in [-0.2, 0) is 0 Å². The molecule has 3 N–H and O–H groups in total. The predicted molar refractivity (Wildman–Crippen MR) is 90.5 cm³/mol. The third kappa shape index (κ3) is 3.61. The minimum atomic E-state index is -0.464. The van der Waals surface area contributed by atoms with E-state index in [9.17, 15) is 9.59 Å². The Labute approximate surface area is 136 Å². The Balaban J connectivity index is 1.72. The third-order valence-electron chi connectivity index (χ3n) is 3.09. The van der Waals surface area contributed by atoms with Crippen molar-refractivity contribution in [2.75, 3.05) is 10.6 Å². The maximum absolute atomic E-state index is 12.0. The van der Waals surface area contributed by atoms with E-state index in [1.165, 1.54) is 10.7 Å². The Morgan fingerprint density at radius 1 is 1.00 bits per heavy atom. The van der Waals surface area contributed by atoms with Crippen molar-refractivity contribution in [3.05, 3.63) is 76.0 Å². The van der Waals surface area contributed by atoms with E-state index in [4.69, 9.17) is 11.6 Å². The maximum atomic E-state index is 12.0. The average molecular weight is 329 g/mol. The van der Waals surface area contributed by atoms with Crippen LogP contribution >= 0.6 is 11.6 Å². The number of aromatic amines is 1. The molecule has 0 aliphatic heterocycles. The summed E-state index contributed by atoms with van der Waals surface area (Å²) in [6, 6.07) is 16.6. The van der Waals surface area contributed by atoms with Crippen LogP contribution in [0.5, 0.6) is 0 Å². The highest BCUT2D eigenvalue weighted by atomic mass is 35.5. The average Bonchev–Trinajstić information content (AvgIpc) is 2.91. The fourth-order valence-corrected chi connectivity index (χ4v) is 2.17. The molecule has 3 rings (SSSR count). The summed E-state index contributed by atoms with van der Waals surface area (Å²) in [5.41, 5.74) is 1.01. The van der Waals surface area contributed by atoms with Crippen LogP contribution in [0.4, 0.5) is 16.3 Å². The van der Waals surface area contributed by atoms with Gasteiger partial charge in [0.1, 0.15) is 5.82 Å². The number of carbonyl (C=O) groups is 1. The van der Waals surface area contributed by atoms with Crippen LogP contribution in [0.15, 0.2) is 65.5 Å². The van der Waals surface area contributed by atoms with Crippen LogP contribution in [-0.4, -0.2) is 15.8 Å². The number of para-hydroxylation sites is 1. The van der Waals surface area contributed by atoms with Gasteiger partial charge in [0.2, 0.25) is 0 Å². The zero-order valence-electron chi connectivity index (χ0n) is 11.9. The topological polar surface area (TPSA) is 78.9 Å². The Kier molecular flexibility index (Phi) is 4.16. The zero-order chi connectivity index (χ0) is 16.2. The van der Waals surface area contributed by atoms with Gasteiger partial charge in [0, 0.05) is 16.8 Å². The minimum absolute atomic E-state index is 0.266. The molecule has 6 nitrogen and oxygen atoms in total. The number of halogens is 1. The molecule has 1 aromatic heterocycles. The van der Waals surface area contributed by atoms with Gasteiger partial charge in [-0.05, 0) is 36.4 Å². The molecule has 0 spiro atoms. The van der Waals surface area contributed by atoms with E-state index in [1.54, 1.807) is 36.4 Å². The van der Waals surface area contributed by atoms with Crippen molar-refractivity contribution in [1.82, 2.24) is 9.78 Å². The van der Waals surface area contributed by atoms with E-state index >= 15 is 0 Å². The van der Waals surface area contributed by atoms with E-state index in [0.717, 1.165) is 0 Å². The number of rotatable bonds is 3. The molecule has 7 heteroatoms. The number of urea groups is 1. The normalized spacial score (nSPS) is 10.3. The predicted octanol–water partition coefficient (Wildman–Crippen LogP) is 3.46. The van der Waals surface area contributed by atoms with Crippen LogP contribution in [0.2, 0.25) is 5.02 Å². The lowest BCUT2D eigenvalue weighted by atomic mass is 10.3. The van der Waals surface area contributed by atoms with Crippen LogP contribution in [0, 0.1) is 0 Å². The van der Waals surface area contributed by atoms with Gasteiger partial charge in [-0.15, -0.1) is 0 Å². The van der Waals surface area contributed by atoms with Crippen molar-refractivity contribution in [2.24, 2.45) is 0 Å². The van der Waals surface area contributed by atoms with Gasteiger partial charge in [-0.3, -0.25) is 15.2 Å². The molecular formula is C16H13ClN4O2. The van der Waals surface area contributed by atoms with E-state index in [1.807, 2.05) is 18.2 Å². The Morgan fingerprint density at radius 3 is 2.39 bits per heavy atom. The number of hydrogen-bond donors (Lipinski definition) is 3. The Bertz CT molecular complexity index is 869. The van der Waals surface area contributed by atoms with E-state index in [0.29, 0.717) is 22.2 Å². The maximum Gasteiger partial charge on any atom is 0.324 e. The fraction of sp³-hybridized carbons (Fsp3) is 0. The summed E-state index contributed by atoms with van der Waals surface area (Å²) in [6.07, 6.45) is 0. The van der Waals surface area contributed by atoms with Gasteiger partial charge in [0.05, 0.1) is 5.69 Å². The van der Waals surface area contributed by atoms with Crippen LogP contribution in [0.3, 0.4) is 0 Å². The number of amides is 2. The van der Waals surface area contributed by atoms with E-state index < -0.39 is 6.03 Å². The van der Waals surface area contributed by atoms with Crippen LogP contribution in [0.25, 0.3) is 5.69 Å². The summed E-state index contributed by atoms with van der Waals surface area (Å²) in [6.45, 7) is 0.